The first-order valence-electron chi connectivity index (χ1n) is 14.7. The maximum atomic E-state index is 14.2. The van der Waals surface area contributed by atoms with E-state index in [1.54, 1.807) is 0 Å². The molecule has 0 amide bonds. The topological polar surface area (TPSA) is 26.3 Å². The summed E-state index contributed by atoms with van der Waals surface area (Å²) in [6, 6.07) is 0. The number of ether oxygens (including phenoxy) is 1. The first-order chi connectivity index (χ1) is 21.8. The third kappa shape index (κ3) is 7.00. The lowest BCUT2D eigenvalue weighted by Gasteiger charge is -2.44. The van der Waals surface area contributed by atoms with E-state index in [-0.39, 0.29) is 24.7 Å². The van der Waals surface area contributed by atoms with Crippen molar-refractivity contribution in [2.45, 2.75) is 131 Å². The van der Waals surface area contributed by atoms with E-state index in [2.05, 4.69) is 4.74 Å². The summed E-state index contributed by atoms with van der Waals surface area (Å²) in [7, 11) is 0. The molecule has 2 saturated carbocycles. The molecular formula is C27H30F20O2. The van der Waals surface area contributed by atoms with Gasteiger partial charge < -0.3 is 4.74 Å². The highest BCUT2D eigenvalue weighted by Gasteiger charge is 2.96. The van der Waals surface area contributed by atoms with E-state index < -0.39 is 78.2 Å². The van der Waals surface area contributed by atoms with E-state index in [1.807, 2.05) is 6.92 Å². The molecule has 0 heterocycles. The van der Waals surface area contributed by atoms with Crippen LogP contribution in [0.2, 0.25) is 0 Å². The molecule has 22 heteroatoms. The van der Waals surface area contributed by atoms with Gasteiger partial charge in [0.15, 0.2) is 6.61 Å². The van der Waals surface area contributed by atoms with Crippen LogP contribution in [0.25, 0.3) is 0 Å². The van der Waals surface area contributed by atoms with Gasteiger partial charge in [0.2, 0.25) is 0 Å². The molecule has 2 aliphatic carbocycles. The van der Waals surface area contributed by atoms with Gasteiger partial charge in [-0.3, -0.25) is 4.79 Å². The number of hydrogen-bond acceptors (Lipinski definition) is 2. The Hall–Kier alpha value is -1.93. The molecule has 0 N–H and O–H groups in total. The summed E-state index contributed by atoms with van der Waals surface area (Å²) in [4.78, 5) is 12.2. The molecule has 2 fully saturated rings. The second kappa shape index (κ2) is 13.9. The van der Waals surface area contributed by atoms with Crippen LogP contribution in [0.1, 0.15) is 71.1 Å². The fourth-order valence-electron chi connectivity index (χ4n) is 6.11. The van der Waals surface area contributed by atoms with Crippen molar-refractivity contribution in [3.8, 4) is 0 Å². The van der Waals surface area contributed by atoms with E-state index in [9.17, 15) is 92.6 Å². The molecule has 0 aromatic rings. The number of halogens is 20. The van der Waals surface area contributed by atoms with E-state index in [1.165, 1.54) is 0 Å². The smallest absolute Gasteiger partial charge is 0.385 e. The number of alkyl halides is 20. The van der Waals surface area contributed by atoms with Crippen LogP contribution in [-0.4, -0.2) is 72.3 Å². The van der Waals surface area contributed by atoms with E-state index in [0.717, 1.165) is 38.5 Å². The van der Waals surface area contributed by atoms with Crippen LogP contribution in [-0.2, 0) is 9.53 Å². The average molecular weight is 766 g/mol. The van der Waals surface area contributed by atoms with E-state index in [4.69, 9.17) is 0 Å². The quantitative estimate of drug-likeness (QED) is 0.123. The van der Waals surface area contributed by atoms with Crippen LogP contribution in [0, 0.1) is 23.7 Å². The number of esters is 1. The number of hydrogen-bond donors (Lipinski definition) is 0. The van der Waals surface area contributed by atoms with Crippen molar-refractivity contribution >= 4 is 5.97 Å². The van der Waals surface area contributed by atoms with Gasteiger partial charge in [-0.15, -0.1) is 0 Å². The molecule has 2 aliphatic rings. The Morgan fingerprint density at radius 3 is 1.27 bits per heavy atom. The van der Waals surface area contributed by atoms with Crippen molar-refractivity contribution in [2.24, 2.45) is 23.7 Å². The van der Waals surface area contributed by atoms with Crippen molar-refractivity contribution in [1.82, 2.24) is 0 Å². The Morgan fingerprint density at radius 2 is 0.898 bits per heavy atom. The Labute approximate surface area is 265 Å². The minimum atomic E-state index is -9.07. The van der Waals surface area contributed by atoms with Crippen LogP contribution in [0.4, 0.5) is 87.8 Å². The molecule has 0 atom stereocenters. The maximum Gasteiger partial charge on any atom is 0.385 e. The normalized spacial score (nSPS) is 24.7. The fraction of sp³-hybridized carbons (Fsp3) is 0.963. The SMILES string of the molecule is CCCC1CCC(C2CCC(C(=O)OCC(F)(F)C(F)(F)C(F)(F)C(F)(F)C(F)(F)C(F)(F)C(F)(F)C(F)(F)C(F)(F)C(F)F)CC2)CC1. The largest absolute Gasteiger partial charge is 0.459 e. The number of rotatable bonds is 15. The zero-order valence-electron chi connectivity index (χ0n) is 25.0. The van der Waals surface area contributed by atoms with Gasteiger partial charge in [0.25, 0.3) is 0 Å². The monoisotopic (exact) mass is 766 g/mol. The van der Waals surface area contributed by atoms with Gasteiger partial charge in [-0.2, -0.15) is 79.0 Å². The summed E-state index contributed by atoms with van der Waals surface area (Å²) in [5.74, 6) is -78.0. The molecule has 0 radical (unpaired) electrons. The average Bonchev–Trinajstić information content (AvgIpc) is 2.99. The summed E-state index contributed by atoms with van der Waals surface area (Å²) >= 11 is 0. The Morgan fingerprint density at radius 1 is 0.551 bits per heavy atom. The van der Waals surface area contributed by atoms with Crippen molar-refractivity contribution in [2.75, 3.05) is 6.61 Å². The maximum absolute atomic E-state index is 14.2. The van der Waals surface area contributed by atoms with Crippen LogP contribution in [0.5, 0.6) is 0 Å². The van der Waals surface area contributed by atoms with Gasteiger partial charge in [-0.25, -0.2) is 8.78 Å². The van der Waals surface area contributed by atoms with E-state index in [0.29, 0.717) is 18.8 Å². The summed E-state index contributed by atoms with van der Waals surface area (Å²) < 4.78 is 276. The molecule has 2 nitrogen and oxygen atoms in total. The first kappa shape index (κ1) is 43.2. The number of carbonyl (C=O) groups excluding carboxylic acids is 1. The lowest BCUT2D eigenvalue weighted by molar-refractivity contribution is -0.465. The van der Waals surface area contributed by atoms with Gasteiger partial charge in [0.1, 0.15) is 0 Å². The van der Waals surface area contributed by atoms with Crippen LogP contribution in [0.15, 0.2) is 0 Å². The van der Waals surface area contributed by atoms with Crippen LogP contribution >= 0.6 is 0 Å². The number of carbonyl (C=O) groups is 1. The van der Waals surface area contributed by atoms with Gasteiger partial charge in [0, 0.05) is 0 Å². The molecule has 0 aromatic carbocycles. The standard InChI is InChI=1S/C27H30F20O2/c1-2-3-13-4-6-14(7-5-13)15-8-10-16(11-9-15)17(48)49-12-19(30,31)21(34,35)23(38,39)25(42,43)27(46,47)26(44,45)24(40,41)22(36,37)20(32,33)18(28)29/h13-16,18H,2-12H2,1H3. The Balaban J connectivity index is 2.21. The molecule has 0 unspecified atom stereocenters. The molecule has 0 aliphatic heterocycles. The summed E-state index contributed by atoms with van der Waals surface area (Å²) in [5.41, 5.74) is 0. The second-order valence-electron chi connectivity index (χ2n) is 12.4. The van der Waals surface area contributed by atoms with Gasteiger partial charge in [-0.1, -0.05) is 32.6 Å². The minimum absolute atomic E-state index is 0.0621. The zero-order valence-corrected chi connectivity index (χ0v) is 25.0. The van der Waals surface area contributed by atoms with Gasteiger partial charge in [0.05, 0.1) is 5.92 Å². The molecule has 49 heavy (non-hydrogen) atoms. The molecule has 2 rings (SSSR count). The fourth-order valence-corrected chi connectivity index (χ4v) is 6.11. The van der Waals surface area contributed by atoms with Crippen molar-refractivity contribution in [3.05, 3.63) is 0 Å². The lowest BCUT2D eigenvalue weighted by Crippen LogP contribution is -2.76. The molecule has 0 aromatic heterocycles. The minimum Gasteiger partial charge on any atom is -0.459 e. The molecule has 0 saturated heterocycles. The van der Waals surface area contributed by atoms with Crippen LogP contribution in [0.3, 0.4) is 0 Å². The summed E-state index contributed by atoms with van der Waals surface area (Å²) in [6.07, 6.45) is -0.0728. The first-order valence-corrected chi connectivity index (χ1v) is 14.7. The van der Waals surface area contributed by atoms with Gasteiger partial charge in [-0.05, 0) is 56.3 Å². The van der Waals surface area contributed by atoms with Crippen LogP contribution < -0.4 is 0 Å². The predicted octanol–water partition coefficient (Wildman–Crippen LogP) is 10.9. The predicted molar refractivity (Wildman–Crippen MR) is 127 cm³/mol. The highest BCUT2D eigenvalue weighted by Crippen LogP contribution is 2.65. The highest BCUT2D eigenvalue weighted by molar-refractivity contribution is 5.72. The third-order valence-corrected chi connectivity index (χ3v) is 9.27. The second-order valence-corrected chi connectivity index (χ2v) is 12.4. The molecule has 0 bridgehead atoms. The van der Waals surface area contributed by atoms with Crippen molar-refractivity contribution in [3.63, 3.8) is 0 Å². The molecular weight excluding hydrogens is 736 g/mol. The highest BCUT2D eigenvalue weighted by atomic mass is 19.4. The Bertz CT molecular complexity index is 1120. The zero-order chi connectivity index (χ0) is 38.4. The summed E-state index contributed by atoms with van der Waals surface area (Å²) in [6.45, 7) is -1.28. The summed E-state index contributed by atoms with van der Waals surface area (Å²) in [5, 5.41) is 0. The molecule has 0 spiro atoms. The van der Waals surface area contributed by atoms with Crippen molar-refractivity contribution in [1.29, 1.82) is 0 Å². The van der Waals surface area contributed by atoms with Crippen molar-refractivity contribution < 1.29 is 97.3 Å². The third-order valence-electron chi connectivity index (χ3n) is 9.27. The lowest BCUT2D eigenvalue weighted by atomic mass is 9.69. The Kier molecular flexibility index (Phi) is 12.3. The van der Waals surface area contributed by atoms with Gasteiger partial charge >= 0.3 is 65.7 Å². The van der Waals surface area contributed by atoms with E-state index >= 15 is 0 Å². The molecule has 290 valence electrons.